The first-order valence-electron chi connectivity index (χ1n) is 7.02. The normalized spacial score (nSPS) is 10.6. The van der Waals surface area contributed by atoms with Crippen LogP contribution in [0.25, 0.3) is 10.9 Å². The monoisotopic (exact) mass is 310 g/mol. The largest absolute Gasteiger partial charge is 0.379 e. The first-order chi connectivity index (χ1) is 10.7. The number of carbonyl (C=O) groups excluding carboxylic acids is 1. The number of benzene rings is 2. The Morgan fingerprint density at radius 2 is 1.86 bits per heavy atom. The SMILES string of the molecule is Cc1c(CNc2ccc(C=O)cc2)nc2ccccc2c1Cl. The van der Waals surface area contributed by atoms with Gasteiger partial charge in [0, 0.05) is 16.6 Å². The molecule has 0 spiro atoms. The summed E-state index contributed by atoms with van der Waals surface area (Å²) >= 11 is 6.45. The van der Waals surface area contributed by atoms with Gasteiger partial charge in [-0.1, -0.05) is 29.8 Å². The van der Waals surface area contributed by atoms with E-state index in [0.717, 1.165) is 39.2 Å². The molecule has 3 aromatic rings. The van der Waals surface area contributed by atoms with Gasteiger partial charge in [-0.2, -0.15) is 0 Å². The Kier molecular flexibility index (Phi) is 4.07. The summed E-state index contributed by atoms with van der Waals surface area (Å²) in [5, 5.41) is 5.03. The minimum absolute atomic E-state index is 0.580. The van der Waals surface area contributed by atoms with Gasteiger partial charge in [-0.05, 0) is 42.8 Å². The smallest absolute Gasteiger partial charge is 0.150 e. The summed E-state index contributed by atoms with van der Waals surface area (Å²) < 4.78 is 0. The number of pyridine rings is 1. The lowest BCUT2D eigenvalue weighted by atomic mass is 10.1. The van der Waals surface area contributed by atoms with E-state index in [-0.39, 0.29) is 0 Å². The van der Waals surface area contributed by atoms with Crippen molar-refractivity contribution in [3.63, 3.8) is 0 Å². The van der Waals surface area contributed by atoms with Crippen LogP contribution in [0.5, 0.6) is 0 Å². The third kappa shape index (κ3) is 2.81. The van der Waals surface area contributed by atoms with Gasteiger partial charge in [0.15, 0.2) is 0 Å². The van der Waals surface area contributed by atoms with Crippen LogP contribution in [0.2, 0.25) is 5.02 Å². The first kappa shape index (κ1) is 14.5. The minimum atomic E-state index is 0.580. The fraction of sp³-hybridized carbons (Fsp3) is 0.111. The molecule has 0 atom stereocenters. The van der Waals surface area contributed by atoms with Crippen LogP contribution in [0.15, 0.2) is 48.5 Å². The van der Waals surface area contributed by atoms with Crippen molar-refractivity contribution in [1.29, 1.82) is 0 Å². The van der Waals surface area contributed by atoms with E-state index in [1.807, 2.05) is 43.3 Å². The molecule has 0 radical (unpaired) electrons. The van der Waals surface area contributed by atoms with E-state index in [1.165, 1.54) is 0 Å². The molecule has 110 valence electrons. The number of anilines is 1. The van der Waals surface area contributed by atoms with Gasteiger partial charge < -0.3 is 5.32 Å². The second-order valence-corrected chi connectivity index (χ2v) is 5.49. The summed E-state index contributed by atoms with van der Waals surface area (Å²) in [4.78, 5) is 15.3. The van der Waals surface area contributed by atoms with Gasteiger partial charge in [0.25, 0.3) is 0 Å². The Morgan fingerprint density at radius 3 is 2.59 bits per heavy atom. The molecule has 3 nitrogen and oxygen atoms in total. The molecule has 0 aliphatic rings. The molecule has 0 aliphatic carbocycles. The lowest BCUT2D eigenvalue weighted by Gasteiger charge is -2.12. The topological polar surface area (TPSA) is 42.0 Å². The van der Waals surface area contributed by atoms with Crippen molar-refractivity contribution < 1.29 is 4.79 Å². The van der Waals surface area contributed by atoms with Crippen LogP contribution < -0.4 is 5.32 Å². The van der Waals surface area contributed by atoms with E-state index >= 15 is 0 Å². The molecule has 1 heterocycles. The minimum Gasteiger partial charge on any atom is -0.379 e. The molecule has 1 aromatic heterocycles. The maximum Gasteiger partial charge on any atom is 0.150 e. The van der Waals surface area contributed by atoms with Crippen molar-refractivity contribution >= 4 is 34.5 Å². The predicted molar refractivity (Wildman–Crippen MR) is 90.6 cm³/mol. The molecule has 0 fully saturated rings. The van der Waals surface area contributed by atoms with Gasteiger partial charge in [0.1, 0.15) is 6.29 Å². The van der Waals surface area contributed by atoms with Crippen molar-refractivity contribution in [2.45, 2.75) is 13.5 Å². The van der Waals surface area contributed by atoms with Crippen LogP contribution in [0, 0.1) is 6.92 Å². The molecule has 0 unspecified atom stereocenters. The Bertz CT molecular complexity index is 828. The molecule has 1 N–H and O–H groups in total. The van der Waals surface area contributed by atoms with Gasteiger partial charge in [0.05, 0.1) is 22.8 Å². The molecule has 0 saturated heterocycles. The second kappa shape index (κ2) is 6.16. The molecular weight excluding hydrogens is 296 g/mol. The van der Waals surface area contributed by atoms with Crippen LogP contribution in [0.1, 0.15) is 21.6 Å². The second-order valence-electron chi connectivity index (χ2n) is 5.11. The summed E-state index contributed by atoms with van der Waals surface area (Å²) in [6.45, 7) is 2.56. The highest BCUT2D eigenvalue weighted by Crippen LogP contribution is 2.27. The maximum atomic E-state index is 10.7. The van der Waals surface area contributed by atoms with Gasteiger partial charge >= 0.3 is 0 Å². The summed E-state index contributed by atoms with van der Waals surface area (Å²) in [6.07, 6.45) is 0.832. The zero-order chi connectivity index (χ0) is 15.5. The van der Waals surface area contributed by atoms with Crippen LogP contribution in [0.4, 0.5) is 5.69 Å². The third-order valence-corrected chi connectivity index (χ3v) is 4.15. The highest BCUT2D eigenvalue weighted by atomic mass is 35.5. The zero-order valence-corrected chi connectivity index (χ0v) is 12.9. The Morgan fingerprint density at radius 1 is 1.14 bits per heavy atom. The van der Waals surface area contributed by atoms with Crippen molar-refractivity contribution in [3.05, 3.63) is 70.4 Å². The molecule has 0 saturated carbocycles. The average Bonchev–Trinajstić information content (AvgIpc) is 2.57. The number of nitrogens with zero attached hydrogens (tertiary/aromatic N) is 1. The number of halogens is 1. The highest BCUT2D eigenvalue weighted by molar-refractivity contribution is 6.36. The quantitative estimate of drug-likeness (QED) is 0.715. The van der Waals surface area contributed by atoms with Crippen molar-refractivity contribution in [2.75, 3.05) is 5.32 Å². The van der Waals surface area contributed by atoms with Crippen molar-refractivity contribution in [1.82, 2.24) is 4.98 Å². The summed E-state index contributed by atoms with van der Waals surface area (Å²) in [7, 11) is 0. The van der Waals surface area contributed by atoms with E-state index in [2.05, 4.69) is 10.3 Å². The predicted octanol–water partition coefficient (Wildman–Crippen LogP) is 4.62. The number of hydrogen-bond acceptors (Lipinski definition) is 3. The number of rotatable bonds is 4. The molecule has 2 aromatic carbocycles. The molecule has 3 rings (SSSR count). The molecule has 0 bridgehead atoms. The Balaban J connectivity index is 1.86. The first-order valence-corrected chi connectivity index (χ1v) is 7.39. The van der Waals surface area contributed by atoms with Crippen LogP contribution in [-0.2, 0) is 6.54 Å². The number of para-hydroxylation sites is 1. The maximum absolute atomic E-state index is 10.7. The fourth-order valence-electron chi connectivity index (χ4n) is 2.35. The van der Waals surface area contributed by atoms with Crippen LogP contribution in [0.3, 0.4) is 0 Å². The number of aromatic nitrogens is 1. The Labute approximate surface area is 133 Å². The van der Waals surface area contributed by atoms with Crippen LogP contribution >= 0.6 is 11.6 Å². The van der Waals surface area contributed by atoms with E-state index in [0.29, 0.717) is 12.1 Å². The molecule has 0 amide bonds. The van der Waals surface area contributed by atoms with Gasteiger partial charge in [-0.3, -0.25) is 9.78 Å². The zero-order valence-electron chi connectivity index (χ0n) is 12.1. The van der Waals surface area contributed by atoms with Gasteiger partial charge in [-0.25, -0.2) is 0 Å². The van der Waals surface area contributed by atoms with Crippen molar-refractivity contribution in [2.24, 2.45) is 0 Å². The van der Waals surface area contributed by atoms with E-state index < -0.39 is 0 Å². The lowest BCUT2D eigenvalue weighted by Crippen LogP contribution is -2.05. The summed E-state index contributed by atoms with van der Waals surface area (Å²) in [5.74, 6) is 0. The van der Waals surface area contributed by atoms with Crippen molar-refractivity contribution in [3.8, 4) is 0 Å². The average molecular weight is 311 g/mol. The van der Waals surface area contributed by atoms with Gasteiger partial charge in [0.2, 0.25) is 0 Å². The molecule has 22 heavy (non-hydrogen) atoms. The van der Waals surface area contributed by atoms with E-state index in [9.17, 15) is 4.79 Å². The highest BCUT2D eigenvalue weighted by Gasteiger charge is 2.09. The fourth-order valence-corrected chi connectivity index (χ4v) is 2.62. The molecular formula is C18H15ClN2O. The van der Waals surface area contributed by atoms with Crippen LogP contribution in [-0.4, -0.2) is 11.3 Å². The molecule has 4 heteroatoms. The van der Waals surface area contributed by atoms with E-state index in [4.69, 9.17) is 11.6 Å². The lowest BCUT2D eigenvalue weighted by molar-refractivity contribution is 0.112. The number of fused-ring (bicyclic) bond motifs is 1. The Hall–Kier alpha value is -2.39. The van der Waals surface area contributed by atoms with E-state index in [1.54, 1.807) is 12.1 Å². The number of carbonyl (C=O) groups is 1. The number of nitrogens with one attached hydrogen (secondary N) is 1. The standard InChI is InChI=1S/C18H15ClN2O/c1-12-17(10-20-14-8-6-13(11-22)7-9-14)21-16-5-3-2-4-15(16)18(12)19/h2-9,11,20H,10H2,1H3. The number of aldehydes is 1. The third-order valence-electron chi connectivity index (χ3n) is 3.66. The summed E-state index contributed by atoms with van der Waals surface area (Å²) in [6, 6.07) is 15.2. The molecule has 0 aliphatic heterocycles. The number of hydrogen-bond donors (Lipinski definition) is 1. The summed E-state index contributed by atoms with van der Waals surface area (Å²) in [5.41, 5.74) is 4.40. The van der Waals surface area contributed by atoms with Gasteiger partial charge in [-0.15, -0.1) is 0 Å².